The van der Waals surface area contributed by atoms with E-state index in [0.29, 0.717) is 34.3 Å². The van der Waals surface area contributed by atoms with E-state index in [9.17, 15) is 23.1 Å². The molecule has 1 saturated heterocycles. The number of pyridine rings is 1. The lowest BCUT2D eigenvalue weighted by Gasteiger charge is -2.26. The molecule has 2 aromatic heterocycles. The number of anilines is 2. The highest BCUT2D eigenvalue weighted by molar-refractivity contribution is 7.91. The zero-order chi connectivity index (χ0) is 28.3. The van der Waals surface area contributed by atoms with Gasteiger partial charge in [0, 0.05) is 45.8 Å². The number of amides is 1. The molecule has 1 aliphatic rings. The maximum Gasteiger partial charge on any atom is 0.326 e. The number of ether oxygens (including phenoxy) is 2. The maximum atomic E-state index is 13.3. The molecule has 1 fully saturated rings. The molecule has 1 amide bonds. The molecule has 1 aliphatic heterocycles. The fourth-order valence-electron chi connectivity index (χ4n) is 4.29. The van der Waals surface area contributed by atoms with Gasteiger partial charge in [-0.2, -0.15) is 4.72 Å². The molecule has 0 saturated carbocycles. The largest absolute Gasteiger partial charge is 0.491 e. The number of methoxy groups -OCH3 is 1. The lowest BCUT2D eigenvalue weighted by atomic mass is 10.00. The Kier molecular flexibility index (Phi) is 8.54. The summed E-state index contributed by atoms with van der Waals surface area (Å²) in [5.74, 6) is -1.13. The van der Waals surface area contributed by atoms with Gasteiger partial charge in [-0.05, 0) is 35.6 Å². The van der Waals surface area contributed by atoms with Crippen LogP contribution in [-0.4, -0.2) is 93.3 Å². The smallest absolute Gasteiger partial charge is 0.326 e. The van der Waals surface area contributed by atoms with Crippen LogP contribution in [0.2, 0.25) is 0 Å². The van der Waals surface area contributed by atoms with Crippen molar-refractivity contribution in [3.63, 3.8) is 0 Å². The second-order valence-corrected chi connectivity index (χ2v) is 12.1. The fraction of sp³-hybridized carbons (Fsp3) is 0.417. The van der Waals surface area contributed by atoms with Crippen molar-refractivity contribution < 1.29 is 32.6 Å². The number of carbonyl (C=O) groups excluding carboxylic acids is 1. The highest BCUT2D eigenvalue weighted by Crippen LogP contribution is 2.31. The van der Waals surface area contributed by atoms with Gasteiger partial charge in [0.25, 0.3) is 10.0 Å². The Bertz CT molecular complexity index is 1480. The van der Waals surface area contributed by atoms with Crippen LogP contribution >= 0.6 is 11.3 Å². The summed E-state index contributed by atoms with van der Waals surface area (Å²) in [5, 5.41) is 12.0. The summed E-state index contributed by atoms with van der Waals surface area (Å²) in [5.41, 5.74) is 6.57. The summed E-state index contributed by atoms with van der Waals surface area (Å²) >= 11 is 0.967. The van der Waals surface area contributed by atoms with E-state index in [1.807, 2.05) is 0 Å². The topological polar surface area (TPSA) is 177 Å². The quantitative estimate of drug-likeness (QED) is 0.261. The summed E-state index contributed by atoms with van der Waals surface area (Å²) in [6.07, 6.45) is 2.83. The van der Waals surface area contributed by atoms with Crippen LogP contribution in [0.3, 0.4) is 0 Å². The number of carbonyl (C=O) groups is 2. The minimum atomic E-state index is -4.03. The van der Waals surface area contributed by atoms with Crippen molar-refractivity contribution in [2.75, 3.05) is 51.6 Å². The Morgan fingerprint density at radius 1 is 1.33 bits per heavy atom. The Balaban J connectivity index is 1.57. The molecule has 13 nitrogen and oxygen atoms in total. The number of carboxylic acid groups (broad SMARTS) is 1. The van der Waals surface area contributed by atoms with Gasteiger partial charge in [0.15, 0.2) is 9.34 Å². The molecule has 2 unspecified atom stereocenters. The molecule has 3 aromatic rings. The monoisotopic (exact) mass is 578 g/mol. The highest BCUT2D eigenvalue weighted by atomic mass is 32.2. The first-order chi connectivity index (χ1) is 18.5. The number of hydrogen-bond donors (Lipinski definition) is 3. The van der Waals surface area contributed by atoms with Crippen LogP contribution in [0.1, 0.15) is 12.0 Å². The number of aromatic nitrogens is 2. The van der Waals surface area contributed by atoms with Gasteiger partial charge in [-0.3, -0.25) is 4.79 Å². The number of nitrogen functional groups attached to an aromatic ring is 1. The van der Waals surface area contributed by atoms with Crippen LogP contribution in [0.4, 0.5) is 10.9 Å². The predicted octanol–water partition coefficient (Wildman–Crippen LogP) is 0.940. The Morgan fingerprint density at radius 2 is 2.10 bits per heavy atom. The van der Waals surface area contributed by atoms with Crippen molar-refractivity contribution >= 4 is 55.0 Å². The number of nitrogens with one attached hydrogen (secondary N) is 1. The molecule has 15 heteroatoms. The average Bonchev–Trinajstić information content (AvgIpc) is 3.51. The number of nitrogens with two attached hydrogens (primary N) is 1. The van der Waals surface area contributed by atoms with Crippen LogP contribution in [0.25, 0.3) is 10.8 Å². The summed E-state index contributed by atoms with van der Waals surface area (Å²) in [7, 11) is 0.981. The molecule has 0 spiro atoms. The van der Waals surface area contributed by atoms with Gasteiger partial charge in [-0.25, -0.2) is 23.2 Å². The van der Waals surface area contributed by atoms with E-state index >= 15 is 0 Å². The number of fused-ring (bicyclic) bond motifs is 1. The molecule has 4 N–H and O–H groups in total. The fourth-order valence-corrected chi connectivity index (χ4v) is 6.57. The summed E-state index contributed by atoms with van der Waals surface area (Å²) in [4.78, 5) is 36.7. The maximum absolute atomic E-state index is 13.3. The van der Waals surface area contributed by atoms with E-state index in [4.69, 9.17) is 15.2 Å². The van der Waals surface area contributed by atoms with Gasteiger partial charge < -0.3 is 30.1 Å². The van der Waals surface area contributed by atoms with Gasteiger partial charge >= 0.3 is 5.97 Å². The number of likely N-dealkylation sites (tertiary alicyclic amines) is 1. The Hall–Kier alpha value is -3.53. The first-order valence-electron chi connectivity index (χ1n) is 12.0. The van der Waals surface area contributed by atoms with Gasteiger partial charge in [0.2, 0.25) is 5.91 Å². The van der Waals surface area contributed by atoms with E-state index in [-0.39, 0.29) is 30.2 Å². The van der Waals surface area contributed by atoms with Crippen molar-refractivity contribution in [1.82, 2.24) is 19.6 Å². The predicted molar refractivity (Wildman–Crippen MR) is 146 cm³/mol. The van der Waals surface area contributed by atoms with Crippen molar-refractivity contribution in [3.8, 4) is 5.75 Å². The number of carboxylic acids is 1. The molecule has 0 radical (unpaired) electrons. The summed E-state index contributed by atoms with van der Waals surface area (Å²) in [6.45, 7) is 0.593. The van der Waals surface area contributed by atoms with Crippen molar-refractivity contribution in [2.45, 2.75) is 29.1 Å². The lowest BCUT2D eigenvalue weighted by molar-refractivity contribution is -0.148. The van der Waals surface area contributed by atoms with Crippen LogP contribution in [-0.2, 0) is 30.8 Å². The number of sulfonamides is 1. The van der Waals surface area contributed by atoms with E-state index in [1.165, 1.54) is 18.2 Å². The summed E-state index contributed by atoms with van der Waals surface area (Å²) < 4.78 is 39.1. The molecule has 2 atom stereocenters. The third-order valence-corrected chi connectivity index (χ3v) is 9.35. The van der Waals surface area contributed by atoms with Gasteiger partial charge in [-0.1, -0.05) is 11.3 Å². The minimum absolute atomic E-state index is 0.0324. The molecule has 3 heterocycles. The number of nitrogens with zero attached hydrogens (tertiary/aromatic N) is 4. The molecule has 0 aliphatic carbocycles. The zero-order valence-corrected chi connectivity index (χ0v) is 23.3. The molecular weight excluding hydrogens is 548 g/mol. The highest BCUT2D eigenvalue weighted by Gasteiger charge is 2.41. The number of thiazole rings is 1. The third kappa shape index (κ3) is 6.21. The van der Waals surface area contributed by atoms with Gasteiger partial charge in [0.05, 0.1) is 12.8 Å². The number of aliphatic carboxylic acids is 1. The molecular formula is C24H30N6O7S2. The van der Waals surface area contributed by atoms with E-state index in [0.717, 1.165) is 16.7 Å². The summed E-state index contributed by atoms with van der Waals surface area (Å²) in [6, 6.07) is 2.86. The van der Waals surface area contributed by atoms with Crippen molar-refractivity contribution in [3.05, 3.63) is 36.2 Å². The van der Waals surface area contributed by atoms with Crippen LogP contribution in [0.5, 0.6) is 5.75 Å². The number of rotatable bonds is 12. The van der Waals surface area contributed by atoms with E-state index in [1.54, 1.807) is 43.4 Å². The van der Waals surface area contributed by atoms with Crippen LogP contribution in [0, 0.1) is 0 Å². The number of benzene rings is 1. The first kappa shape index (κ1) is 28.5. The average molecular weight is 579 g/mol. The first-order valence-corrected chi connectivity index (χ1v) is 14.3. The Morgan fingerprint density at radius 3 is 2.77 bits per heavy atom. The second-order valence-electron chi connectivity index (χ2n) is 9.13. The SMILES string of the molecule is COCCOc1cc2c(N)nccc2cc1CC(C(=O)O)N1CCC(NS(=O)(=O)c2cnc(N(C)C)s2)C1=O. The van der Waals surface area contributed by atoms with Crippen LogP contribution < -0.4 is 20.1 Å². The van der Waals surface area contributed by atoms with Crippen LogP contribution in [0.15, 0.2) is 34.8 Å². The molecule has 210 valence electrons. The van der Waals surface area contributed by atoms with Gasteiger partial charge in [0.1, 0.15) is 30.3 Å². The molecule has 1 aromatic carbocycles. The van der Waals surface area contributed by atoms with Crippen molar-refractivity contribution in [2.24, 2.45) is 0 Å². The third-order valence-electron chi connectivity index (χ3n) is 6.25. The normalized spacial score (nSPS) is 16.5. The number of hydrogen-bond acceptors (Lipinski definition) is 11. The van der Waals surface area contributed by atoms with Gasteiger partial charge in [-0.15, -0.1) is 0 Å². The Labute approximate surface area is 229 Å². The standard InChI is InChI=1S/C24H30N6O7S2/c1-29(2)24-27-13-20(38-24)39(34,35)28-17-5-7-30(22(17)31)18(23(32)33)11-15-10-14-4-6-26-21(25)16(14)12-19(15)37-9-8-36-3/h4,6,10,12-13,17-18,28H,5,7-9,11H2,1-3H3,(H2,25,26)(H,32,33). The van der Waals surface area contributed by atoms with E-state index in [2.05, 4.69) is 14.7 Å². The zero-order valence-electron chi connectivity index (χ0n) is 21.7. The molecule has 4 rings (SSSR count). The second kappa shape index (κ2) is 11.7. The van der Waals surface area contributed by atoms with Crippen molar-refractivity contribution in [1.29, 1.82) is 0 Å². The van der Waals surface area contributed by atoms with E-state index < -0.39 is 34.0 Å². The lowest BCUT2D eigenvalue weighted by Crippen LogP contribution is -2.48. The molecule has 0 bridgehead atoms. The minimum Gasteiger partial charge on any atom is -0.491 e. The molecule has 39 heavy (non-hydrogen) atoms.